The van der Waals surface area contributed by atoms with Crippen molar-refractivity contribution in [1.29, 1.82) is 0 Å². The Labute approximate surface area is 108 Å². The van der Waals surface area contributed by atoms with Gasteiger partial charge >= 0.3 is 0 Å². The quantitative estimate of drug-likeness (QED) is 0.830. The highest BCUT2D eigenvalue weighted by Gasteiger charge is 2.27. The van der Waals surface area contributed by atoms with Gasteiger partial charge in [-0.05, 0) is 37.5 Å². The van der Waals surface area contributed by atoms with Crippen LogP contribution in [0.4, 0.5) is 0 Å². The molecule has 0 saturated carbocycles. The van der Waals surface area contributed by atoms with E-state index in [1.807, 2.05) is 13.0 Å². The number of benzene rings is 1. The van der Waals surface area contributed by atoms with Crippen molar-refractivity contribution in [2.45, 2.75) is 52.1 Å². The number of Topliss-reactive ketones (excluding diaryl/α,β-unsaturated/α-hetero) is 1. The number of carbonyl (C=O) groups is 1. The van der Waals surface area contributed by atoms with E-state index in [-0.39, 0.29) is 17.6 Å². The first-order chi connectivity index (χ1) is 8.61. The maximum atomic E-state index is 11.8. The van der Waals surface area contributed by atoms with Crippen molar-refractivity contribution < 1.29 is 14.6 Å². The molecule has 98 valence electrons. The van der Waals surface area contributed by atoms with Crippen LogP contribution in [0, 0.1) is 0 Å². The number of hydrogen-bond donors (Lipinski definition) is 1. The van der Waals surface area contributed by atoms with Gasteiger partial charge in [-0.3, -0.25) is 4.79 Å². The monoisotopic (exact) mass is 248 g/mol. The van der Waals surface area contributed by atoms with Gasteiger partial charge in [0, 0.05) is 6.42 Å². The summed E-state index contributed by atoms with van der Waals surface area (Å²) in [7, 11) is 0. The Morgan fingerprint density at radius 3 is 2.89 bits per heavy atom. The van der Waals surface area contributed by atoms with Gasteiger partial charge in [0.15, 0.2) is 5.78 Å². The number of aryl methyl sites for hydroxylation is 1. The smallest absolute Gasteiger partial charge is 0.174 e. The van der Waals surface area contributed by atoms with Gasteiger partial charge in [0.25, 0.3) is 0 Å². The fourth-order valence-electron chi connectivity index (χ4n) is 2.37. The molecule has 1 aliphatic heterocycles. The number of rotatable bonds is 4. The maximum absolute atomic E-state index is 11.8. The highest BCUT2D eigenvalue weighted by Crippen LogP contribution is 2.35. The largest absolute Gasteiger partial charge is 0.507 e. The molecule has 0 radical (unpaired) electrons. The van der Waals surface area contributed by atoms with Crippen molar-refractivity contribution in [3.63, 3.8) is 0 Å². The van der Waals surface area contributed by atoms with Crippen molar-refractivity contribution in [3.05, 3.63) is 23.3 Å². The minimum Gasteiger partial charge on any atom is -0.507 e. The van der Waals surface area contributed by atoms with Crippen LogP contribution >= 0.6 is 0 Å². The first-order valence-electron chi connectivity index (χ1n) is 6.67. The van der Waals surface area contributed by atoms with Crippen LogP contribution in [-0.2, 0) is 6.42 Å². The normalized spacial score (nSPS) is 18.3. The predicted molar refractivity (Wildman–Crippen MR) is 70.4 cm³/mol. The number of ketones is 1. The summed E-state index contributed by atoms with van der Waals surface area (Å²) in [4.78, 5) is 11.8. The van der Waals surface area contributed by atoms with Gasteiger partial charge in [0.05, 0.1) is 0 Å². The molecular weight excluding hydrogens is 228 g/mol. The molecular formula is C15H20O3. The fraction of sp³-hybridized carbons (Fsp3) is 0.533. The van der Waals surface area contributed by atoms with Gasteiger partial charge in [-0.1, -0.05) is 19.8 Å². The minimum atomic E-state index is -0.102. The molecule has 3 heteroatoms. The Balaban J connectivity index is 2.24. The molecule has 0 aliphatic carbocycles. The van der Waals surface area contributed by atoms with Crippen molar-refractivity contribution >= 4 is 5.78 Å². The lowest BCUT2D eigenvalue weighted by molar-refractivity contribution is 0.0866. The molecule has 1 aromatic carbocycles. The molecule has 1 heterocycles. The van der Waals surface area contributed by atoms with Crippen LogP contribution < -0.4 is 4.74 Å². The van der Waals surface area contributed by atoms with E-state index in [4.69, 9.17) is 4.74 Å². The highest BCUT2D eigenvalue weighted by atomic mass is 16.5. The molecule has 18 heavy (non-hydrogen) atoms. The van der Waals surface area contributed by atoms with E-state index in [0.717, 1.165) is 18.4 Å². The van der Waals surface area contributed by atoms with Crippen LogP contribution in [0.5, 0.6) is 11.5 Å². The van der Waals surface area contributed by atoms with Gasteiger partial charge in [0.1, 0.15) is 23.2 Å². The number of ether oxygens (including phenoxy) is 1. The van der Waals surface area contributed by atoms with Crippen LogP contribution in [0.25, 0.3) is 0 Å². The van der Waals surface area contributed by atoms with E-state index >= 15 is 0 Å². The standard InChI is InChI=1S/C15H20O3/c1-3-4-5-6-11-8-13(17)15-12(16)7-10(2)18-14(15)9-11/h8-10,17H,3-7H2,1-2H3/t10-/m1/s1. The molecule has 2 rings (SSSR count). The predicted octanol–water partition coefficient (Wildman–Crippen LogP) is 3.48. The Hall–Kier alpha value is -1.51. The molecule has 1 N–H and O–H groups in total. The van der Waals surface area contributed by atoms with Gasteiger partial charge in [0.2, 0.25) is 0 Å². The third-order valence-electron chi connectivity index (χ3n) is 3.29. The zero-order chi connectivity index (χ0) is 13.1. The Morgan fingerprint density at radius 2 is 2.17 bits per heavy atom. The van der Waals surface area contributed by atoms with Gasteiger partial charge in [-0.15, -0.1) is 0 Å². The van der Waals surface area contributed by atoms with Gasteiger partial charge < -0.3 is 9.84 Å². The molecule has 0 aromatic heterocycles. The number of hydrogen-bond acceptors (Lipinski definition) is 3. The molecule has 0 amide bonds. The van der Waals surface area contributed by atoms with Crippen molar-refractivity contribution in [2.75, 3.05) is 0 Å². The summed E-state index contributed by atoms with van der Waals surface area (Å²) in [6.07, 6.45) is 4.60. The molecule has 0 spiro atoms. The second-order valence-electron chi connectivity index (χ2n) is 5.00. The van der Waals surface area contributed by atoms with E-state index in [0.29, 0.717) is 17.7 Å². The zero-order valence-electron chi connectivity index (χ0n) is 11.0. The van der Waals surface area contributed by atoms with Crippen molar-refractivity contribution in [3.8, 4) is 11.5 Å². The van der Waals surface area contributed by atoms with Crippen molar-refractivity contribution in [1.82, 2.24) is 0 Å². The van der Waals surface area contributed by atoms with E-state index in [9.17, 15) is 9.90 Å². The number of phenolic OH excluding ortho intramolecular Hbond substituents is 1. The summed E-state index contributed by atoms with van der Waals surface area (Å²) in [6, 6.07) is 3.60. The first kappa shape index (κ1) is 12.9. The van der Waals surface area contributed by atoms with Crippen molar-refractivity contribution in [2.24, 2.45) is 0 Å². The Kier molecular flexibility index (Phi) is 3.90. The second-order valence-corrected chi connectivity index (χ2v) is 5.00. The summed E-state index contributed by atoms with van der Waals surface area (Å²) in [5.74, 6) is 0.586. The number of carbonyl (C=O) groups excluding carboxylic acids is 1. The highest BCUT2D eigenvalue weighted by molar-refractivity contribution is 6.02. The summed E-state index contributed by atoms with van der Waals surface area (Å²) >= 11 is 0. The average molecular weight is 248 g/mol. The molecule has 0 unspecified atom stereocenters. The molecule has 0 bridgehead atoms. The van der Waals surface area contributed by atoms with Crippen LogP contribution in [0.15, 0.2) is 12.1 Å². The third-order valence-corrected chi connectivity index (χ3v) is 3.29. The third kappa shape index (κ3) is 2.66. The van der Waals surface area contributed by atoms with Crippen LogP contribution in [0.3, 0.4) is 0 Å². The van der Waals surface area contributed by atoms with Crippen LogP contribution in [0.1, 0.15) is 55.5 Å². The maximum Gasteiger partial charge on any atom is 0.174 e. The number of unbranched alkanes of at least 4 members (excludes halogenated alkanes) is 2. The molecule has 1 aliphatic rings. The fourth-order valence-corrected chi connectivity index (χ4v) is 2.37. The molecule has 0 fully saturated rings. The average Bonchev–Trinajstić information content (AvgIpc) is 2.27. The van der Waals surface area contributed by atoms with E-state index < -0.39 is 0 Å². The van der Waals surface area contributed by atoms with Crippen LogP contribution in [-0.4, -0.2) is 17.0 Å². The van der Waals surface area contributed by atoms with Crippen LogP contribution in [0.2, 0.25) is 0 Å². The summed E-state index contributed by atoms with van der Waals surface area (Å²) in [5.41, 5.74) is 1.40. The SMILES string of the molecule is CCCCCc1cc(O)c2c(c1)O[C@H](C)CC2=O. The minimum absolute atomic E-state index is 0.0265. The summed E-state index contributed by atoms with van der Waals surface area (Å²) in [5, 5.41) is 9.95. The lowest BCUT2D eigenvalue weighted by atomic mass is 9.97. The van der Waals surface area contributed by atoms with E-state index in [1.165, 1.54) is 12.8 Å². The molecule has 3 nitrogen and oxygen atoms in total. The van der Waals surface area contributed by atoms with E-state index in [2.05, 4.69) is 6.92 Å². The first-order valence-corrected chi connectivity index (χ1v) is 6.67. The number of aromatic hydroxyl groups is 1. The summed E-state index contributed by atoms with van der Waals surface area (Å²) < 4.78 is 5.65. The molecule has 0 saturated heterocycles. The molecule has 1 atom stereocenters. The van der Waals surface area contributed by atoms with Gasteiger partial charge in [-0.25, -0.2) is 0 Å². The van der Waals surface area contributed by atoms with E-state index in [1.54, 1.807) is 6.07 Å². The lowest BCUT2D eigenvalue weighted by Gasteiger charge is -2.23. The number of fused-ring (bicyclic) bond motifs is 1. The number of phenols is 1. The lowest BCUT2D eigenvalue weighted by Crippen LogP contribution is -2.24. The second kappa shape index (κ2) is 5.42. The Morgan fingerprint density at radius 1 is 1.39 bits per heavy atom. The van der Waals surface area contributed by atoms with Gasteiger partial charge in [-0.2, -0.15) is 0 Å². The Bertz CT molecular complexity index is 451. The topological polar surface area (TPSA) is 46.5 Å². The summed E-state index contributed by atoms with van der Waals surface area (Å²) in [6.45, 7) is 4.04. The zero-order valence-corrected chi connectivity index (χ0v) is 11.0. The molecule has 1 aromatic rings.